The van der Waals surface area contributed by atoms with Gasteiger partial charge in [-0.25, -0.2) is 4.39 Å². The lowest BCUT2D eigenvalue weighted by molar-refractivity contribution is -0.127. The molecule has 1 fully saturated rings. The summed E-state index contributed by atoms with van der Waals surface area (Å²) in [4.78, 5) is 38.6. The quantitative estimate of drug-likeness (QED) is 0.850. The Bertz CT molecular complexity index is 857. The Labute approximate surface area is 156 Å². The standard InChI is InChI=1S/C20H20FN3O3/c1-13(19(26)23-16-10-6-5-9-15(16)21)22-20(27)17-11-12-18(25)24(17)14-7-3-2-4-8-14/h2-10,13,17H,11-12H2,1H3,(H,22,27)(H,23,26). The van der Waals surface area contributed by atoms with Gasteiger partial charge in [0.1, 0.15) is 17.9 Å². The predicted octanol–water partition coefficient (Wildman–Crippen LogP) is 2.46. The second-order valence-electron chi connectivity index (χ2n) is 6.35. The van der Waals surface area contributed by atoms with Gasteiger partial charge in [-0.2, -0.15) is 0 Å². The summed E-state index contributed by atoms with van der Waals surface area (Å²) in [6.45, 7) is 1.51. The summed E-state index contributed by atoms with van der Waals surface area (Å²) in [6, 6.07) is 13.2. The van der Waals surface area contributed by atoms with E-state index in [1.807, 2.05) is 6.07 Å². The van der Waals surface area contributed by atoms with Crippen molar-refractivity contribution in [3.63, 3.8) is 0 Å². The molecule has 1 saturated heterocycles. The zero-order chi connectivity index (χ0) is 19.4. The summed E-state index contributed by atoms with van der Waals surface area (Å²) in [5, 5.41) is 5.06. The van der Waals surface area contributed by atoms with E-state index >= 15 is 0 Å². The van der Waals surface area contributed by atoms with Gasteiger partial charge in [0.2, 0.25) is 17.7 Å². The first-order chi connectivity index (χ1) is 13.0. The average Bonchev–Trinajstić information content (AvgIpc) is 3.05. The van der Waals surface area contributed by atoms with Crippen molar-refractivity contribution in [1.82, 2.24) is 5.32 Å². The third-order valence-corrected chi connectivity index (χ3v) is 4.43. The smallest absolute Gasteiger partial charge is 0.246 e. The van der Waals surface area contributed by atoms with Crippen LogP contribution in [0.15, 0.2) is 54.6 Å². The fourth-order valence-corrected chi connectivity index (χ4v) is 3.02. The minimum absolute atomic E-state index is 0.0468. The van der Waals surface area contributed by atoms with E-state index in [4.69, 9.17) is 0 Å². The van der Waals surface area contributed by atoms with Crippen LogP contribution in [-0.4, -0.2) is 29.8 Å². The third-order valence-electron chi connectivity index (χ3n) is 4.43. The summed E-state index contributed by atoms with van der Waals surface area (Å²) in [7, 11) is 0. The molecule has 0 saturated carbocycles. The van der Waals surface area contributed by atoms with Crippen LogP contribution in [0, 0.1) is 5.82 Å². The first kappa shape index (κ1) is 18.6. The van der Waals surface area contributed by atoms with Crippen molar-refractivity contribution in [1.29, 1.82) is 0 Å². The number of benzene rings is 2. The van der Waals surface area contributed by atoms with Gasteiger partial charge in [-0.1, -0.05) is 30.3 Å². The number of para-hydroxylation sites is 2. The highest BCUT2D eigenvalue weighted by Gasteiger charge is 2.37. The lowest BCUT2D eigenvalue weighted by Gasteiger charge is -2.25. The van der Waals surface area contributed by atoms with Gasteiger partial charge in [0, 0.05) is 12.1 Å². The van der Waals surface area contributed by atoms with Crippen molar-refractivity contribution >= 4 is 29.1 Å². The number of nitrogens with zero attached hydrogens (tertiary/aromatic N) is 1. The molecule has 0 bridgehead atoms. The Hall–Kier alpha value is -3.22. The Kier molecular flexibility index (Phi) is 5.49. The van der Waals surface area contributed by atoms with Crippen molar-refractivity contribution in [2.75, 3.05) is 10.2 Å². The first-order valence-corrected chi connectivity index (χ1v) is 8.70. The molecule has 0 radical (unpaired) electrons. The maximum atomic E-state index is 13.7. The van der Waals surface area contributed by atoms with Crippen LogP contribution in [0.3, 0.4) is 0 Å². The molecule has 2 unspecified atom stereocenters. The number of nitrogens with one attached hydrogen (secondary N) is 2. The van der Waals surface area contributed by atoms with Crippen LogP contribution >= 0.6 is 0 Å². The van der Waals surface area contributed by atoms with Crippen molar-refractivity contribution in [3.8, 4) is 0 Å². The Morgan fingerprint density at radius 1 is 1.11 bits per heavy atom. The van der Waals surface area contributed by atoms with Gasteiger partial charge >= 0.3 is 0 Å². The number of carbonyl (C=O) groups excluding carboxylic acids is 3. The van der Waals surface area contributed by atoms with Crippen LogP contribution in [0.4, 0.5) is 15.8 Å². The van der Waals surface area contributed by atoms with Gasteiger partial charge in [0.15, 0.2) is 0 Å². The Morgan fingerprint density at radius 2 is 1.78 bits per heavy atom. The van der Waals surface area contributed by atoms with Crippen molar-refractivity contribution in [2.24, 2.45) is 0 Å². The normalized spacial score (nSPS) is 17.5. The van der Waals surface area contributed by atoms with Crippen molar-refractivity contribution in [2.45, 2.75) is 31.8 Å². The topological polar surface area (TPSA) is 78.5 Å². The van der Waals surface area contributed by atoms with E-state index < -0.39 is 29.7 Å². The Balaban J connectivity index is 1.66. The van der Waals surface area contributed by atoms with E-state index in [1.54, 1.807) is 30.3 Å². The largest absolute Gasteiger partial charge is 0.343 e. The minimum Gasteiger partial charge on any atom is -0.343 e. The van der Waals surface area contributed by atoms with E-state index in [2.05, 4.69) is 10.6 Å². The number of anilines is 2. The van der Waals surface area contributed by atoms with E-state index in [9.17, 15) is 18.8 Å². The van der Waals surface area contributed by atoms with E-state index in [0.717, 1.165) is 0 Å². The summed E-state index contributed by atoms with van der Waals surface area (Å²) < 4.78 is 13.7. The van der Waals surface area contributed by atoms with Crippen LogP contribution < -0.4 is 15.5 Å². The number of carbonyl (C=O) groups is 3. The van der Waals surface area contributed by atoms with Gasteiger partial charge < -0.3 is 10.6 Å². The molecule has 140 valence electrons. The second kappa shape index (κ2) is 7.99. The lowest BCUT2D eigenvalue weighted by Crippen LogP contribution is -2.50. The van der Waals surface area contributed by atoms with E-state index in [0.29, 0.717) is 12.1 Å². The molecule has 0 aliphatic carbocycles. The Morgan fingerprint density at radius 3 is 2.48 bits per heavy atom. The van der Waals surface area contributed by atoms with Crippen LogP contribution in [0.25, 0.3) is 0 Å². The van der Waals surface area contributed by atoms with Gasteiger partial charge in [-0.3, -0.25) is 19.3 Å². The number of amides is 3. The van der Waals surface area contributed by atoms with Crippen LogP contribution in [0.5, 0.6) is 0 Å². The molecule has 0 aromatic heterocycles. The lowest BCUT2D eigenvalue weighted by atomic mass is 10.1. The number of hydrogen-bond acceptors (Lipinski definition) is 3. The zero-order valence-corrected chi connectivity index (χ0v) is 14.8. The van der Waals surface area contributed by atoms with Crippen LogP contribution in [0.2, 0.25) is 0 Å². The fraction of sp³-hybridized carbons (Fsp3) is 0.250. The monoisotopic (exact) mass is 369 g/mol. The highest BCUT2D eigenvalue weighted by atomic mass is 19.1. The number of halogens is 1. The molecule has 7 heteroatoms. The van der Waals surface area contributed by atoms with E-state index in [1.165, 1.54) is 30.0 Å². The van der Waals surface area contributed by atoms with Gasteiger partial charge in [0.05, 0.1) is 5.69 Å². The molecule has 1 aliphatic rings. The zero-order valence-electron chi connectivity index (χ0n) is 14.8. The van der Waals surface area contributed by atoms with E-state index in [-0.39, 0.29) is 18.0 Å². The molecule has 0 spiro atoms. The molecular formula is C20H20FN3O3. The molecule has 1 aliphatic heterocycles. The molecule has 1 heterocycles. The molecule has 6 nitrogen and oxygen atoms in total. The second-order valence-corrected chi connectivity index (χ2v) is 6.35. The SMILES string of the molecule is CC(NC(=O)C1CCC(=O)N1c1ccccc1)C(=O)Nc1ccccc1F. The summed E-state index contributed by atoms with van der Waals surface area (Å²) in [5.41, 5.74) is 0.689. The van der Waals surface area contributed by atoms with Crippen LogP contribution in [0.1, 0.15) is 19.8 Å². The molecule has 27 heavy (non-hydrogen) atoms. The maximum Gasteiger partial charge on any atom is 0.246 e. The fourth-order valence-electron chi connectivity index (χ4n) is 3.02. The molecule has 2 N–H and O–H groups in total. The summed E-state index contributed by atoms with van der Waals surface area (Å²) in [5.74, 6) is -1.64. The molecule has 3 amide bonds. The van der Waals surface area contributed by atoms with Gasteiger partial charge in [-0.15, -0.1) is 0 Å². The predicted molar refractivity (Wildman–Crippen MR) is 99.6 cm³/mol. The highest BCUT2D eigenvalue weighted by molar-refractivity contribution is 6.05. The molecule has 2 aromatic rings. The van der Waals surface area contributed by atoms with Gasteiger partial charge in [0.25, 0.3) is 0 Å². The number of rotatable bonds is 5. The van der Waals surface area contributed by atoms with Crippen molar-refractivity contribution in [3.05, 3.63) is 60.4 Å². The molecular weight excluding hydrogens is 349 g/mol. The third kappa shape index (κ3) is 4.13. The molecule has 3 rings (SSSR count). The molecule has 2 atom stereocenters. The maximum absolute atomic E-state index is 13.7. The summed E-state index contributed by atoms with van der Waals surface area (Å²) in [6.07, 6.45) is 0.643. The average molecular weight is 369 g/mol. The van der Waals surface area contributed by atoms with Crippen molar-refractivity contribution < 1.29 is 18.8 Å². The molecule has 2 aromatic carbocycles. The van der Waals surface area contributed by atoms with Gasteiger partial charge in [-0.05, 0) is 37.6 Å². The number of hydrogen-bond donors (Lipinski definition) is 2. The van der Waals surface area contributed by atoms with Crippen LogP contribution in [-0.2, 0) is 14.4 Å². The minimum atomic E-state index is -0.884. The highest BCUT2D eigenvalue weighted by Crippen LogP contribution is 2.26. The summed E-state index contributed by atoms with van der Waals surface area (Å²) >= 11 is 0. The first-order valence-electron chi connectivity index (χ1n) is 8.70.